The van der Waals surface area contributed by atoms with Gasteiger partial charge >= 0.3 is 0 Å². The van der Waals surface area contributed by atoms with Gasteiger partial charge in [0.1, 0.15) is 18.4 Å². The average molecular weight is 348 g/mol. The predicted octanol–water partition coefficient (Wildman–Crippen LogP) is 2.64. The van der Waals surface area contributed by atoms with E-state index in [1.807, 2.05) is 36.4 Å². The summed E-state index contributed by atoms with van der Waals surface area (Å²) in [5.41, 5.74) is 2.51. The highest BCUT2D eigenvalue weighted by atomic mass is 16.5. The molecule has 6 heteroatoms. The standard InChI is InChI=1S/C20H20N4O2/c25-20(17-6-2-3-7-18(17)24-14-21-13-23-24)22-12-15-9-10-26-19-8-4-1-5-16(19)11-15/h1-8,13-15H,9-12H2,(H,22,25)/t15-/m1/s1. The lowest BCUT2D eigenvalue weighted by Gasteiger charge is -2.15. The number of aromatic nitrogens is 3. The van der Waals surface area contributed by atoms with Gasteiger partial charge in [0.05, 0.1) is 17.9 Å². The predicted molar refractivity (Wildman–Crippen MR) is 97.4 cm³/mol. The molecule has 1 aliphatic rings. The number of nitrogens with zero attached hydrogens (tertiary/aromatic N) is 3. The van der Waals surface area contributed by atoms with E-state index in [2.05, 4.69) is 21.5 Å². The number of rotatable bonds is 4. The molecule has 1 amide bonds. The van der Waals surface area contributed by atoms with Crippen LogP contribution in [0.4, 0.5) is 0 Å². The molecule has 6 nitrogen and oxygen atoms in total. The Kier molecular flexibility index (Phi) is 4.64. The third kappa shape index (κ3) is 3.44. The van der Waals surface area contributed by atoms with E-state index in [1.165, 1.54) is 11.9 Å². The fraction of sp³-hybridized carbons (Fsp3) is 0.250. The largest absolute Gasteiger partial charge is 0.493 e. The van der Waals surface area contributed by atoms with E-state index >= 15 is 0 Å². The van der Waals surface area contributed by atoms with Crippen molar-refractivity contribution < 1.29 is 9.53 Å². The molecule has 0 fully saturated rings. The van der Waals surface area contributed by atoms with Crippen molar-refractivity contribution in [3.8, 4) is 11.4 Å². The van der Waals surface area contributed by atoms with Crippen LogP contribution in [0.25, 0.3) is 5.69 Å². The van der Waals surface area contributed by atoms with Gasteiger partial charge in [0.25, 0.3) is 5.91 Å². The molecule has 0 saturated heterocycles. The first-order valence-electron chi connectivity index (χ1n) is 8.74. The minimum atomic E-state index is -0.102. The lowest BCUT2D eigenvalue weighted by Crippen LogP contribution is -2.31. The Bertz CT molecular complexity index is 892. The van der Waals surface area contributed by atoms with Crippen molar-refractivity contribution in [2.75, 3.05) is 13.2 Å². The topological polar surface area (TPSA) is 69.0 Å². The fourth-order valence-electron chi connectivity index (χ4n) is 3.27. The molecule has 0 aliphatic carbocycles. The van der Waals surface area contributed by atoms with Gasteiger partial charge in [-0.3, -0.25) is 4.79 Å². The highest BCUT2D eigenvalue weighted by molar-refractivity contribution is 5.97. The second-order valence-corrected chi connectivity index (χ2v) is 6.38. The van der Waals surface area contributed by atoms with Crippen LogP contribution in [-0.4, -0.2) is 33.8 Å². The fourth-order valence-corrected chi connectivity index (χ4v) is 3.27. The third-order valence-electron chi connectivity index (χ3n) is 4.63. The van der Waals surface area contributed by atoms with Gasteiger partial charge < -0.3 is 10.1 Å². The van der Waals surface area contributed by atoms with Crippen molar-refractivity contribution in [2.45, 2.75) is 12.8 Å². The molecule has 3 aromatic rings. The molecule has 2 heterocycles. The van der Waals surface area contributed by atoms with E-state index < -0.39 is 0 Å². The maximum atomic E-state index is 12.7. The van der Waals surface area contributed by atoms with Crippen molar-refractivity contribution in [3.63, 3.8) is 0 Å². The SMILES string of the molecule is O=C(NC[C@@H]1CCOc2ccccc2C1)c1ccccc1-n1cncn1. The van der Waals surface area contributed by atoms with E-state index in [9.17, 15) is 4.79 Å². The molecule has 26 heavy (non-hydrogen) atoms. The summed E-state index contributed by atoms with van der Waals surface area (Å²) in [6, 6.07) is 15.5. The maximum absolute atomic E-state index is 12.7. The van der Waals surface area contributed by atoms with Gasteiger partial charge in [-0.2, -0.15) is 5.10 Å². The Hall–Kier alpha value is -3.15. The van der Waals surface area contributed by atoms with Crippen LogP contribution in [0, 0.1) is 5.92 Å². The first kappa shape index (κ1) is 16.3. The number of carbonyl (C=O) groups is 1. The Morgan fingerprint density at radius 3 is 2.92 bits per heavy atom. The number of para-hydroxylation sites is 2. The van der Waals surface area contributed by atoms with Crippen LogP contribution in [0.5, 0.6) is 5.75 Å². The van der Waals surface area contributed by atoms with Gasteiger partial charge in [0.2, 0.25) is 0 Å². The van der Waals surface area contributed by atoms with Gasteiger partial charge in [-0.25, -0.2) is 9.67 Å². The normalized spacial score (nSPS) is 16.2. The van der Waals surface area contributed by atoms with Crippen molar-refractivity contribution in [2.24, 2.45) is 5.92 Å². The lowest BCUT2D eigenvalue weighted by molar-refractivity contribution is 0.0945. The summed E-state index contributed by atoms with van der Waals surface area (Å²) in [5.74, 6) is 1.20. The van der Waals surface area contributed by atoms with Crippen LogP contribution in [0.2, 0.25) is 0 Å². The zero-order valence-corrected chi connectivity index (χ0v) is 14.3. The smallest absolute Gasteiger partial charge is 0.253 e. The van der Waals surface area contributed by atoms with Crippen molar-refractivity contribution in [1.82, 2.24) is 20.1 Å². The second-order valence-electron chi connectivity index (χ2n) is 6.38. The van der Waals surface area contributed by atoms with E-state index in [0.29, 0.717) is 24.6 Å². The minimum Gasteiger partial charge on any atom is -0.493 e. The minimum absolute atomic E-state index is 0.102. The quantitative estimate of drug-likeness (QED) is 0.787. The maximum Gasteiger partial charge on any atom is 0.253 e. The molecule has 1 atom stereocenters. The number of ether oxygens (including phenoxy) is 1. The zero-order chi connectivity index (χ0) is 17.8. The monoisotopic (exact) mass is 348 g/mol. The van der Waals surface area contributed by atoms with E-state index in [1.54, 1.807) is 17.1 Å². The second kappa shape index (κ2) is 7.39. The summed E-state index contributed by atoms with van der Waals surface area (Å²) in [5, 5.41) is 7.20. The Morgan fingerprint density at radius 1 is 1.19 bits per heavy atom. The molecular formula is C20H20N4O2. The average Bonchev–Trinajstić information content (AvgIpc) is 3.13. The van der Waals surface area contributed by atoms with Crippen molar-refractivity contribution in [3.05, 3.63) is 72.3 Å². The zero-order valence-electron chi connectivity index (χ0n) is 14.3. The van der Waals surface area contributed by atoms with Crippen LogP contribution in [0.1, 0.15) is 22.3 Å². The van der Waals surface area contributed by atoms with Crippen molar-refractivity contribution >= 4 is 5.91 Å². The first-order valence-corrected chi connectivity index (χ1v) is 8.74. The summed E-state index contributed by atoms with van der Waals surface area (Å²) < 4.78 is 7.41. The van der Waals surface area contributed by atoms with Gasteiger partial charge in [-0.1, -0.05) is 30.3 Å². The molecule has 1 aromatic heterocycles. The number of nitrogens with one attached hydrogen (secondary N) is 1. The Morgan fingerprint density at radius 2 is 2.04 bits per heavy atom. The van der Waals surface area contributed by atoms with Crippen LogP contribution in [0.3, 0.4) is 0 Å². The van der Waals surface area contributed by atoms with E-state index in [4.69, 9.17) is 4.74 Å². The summed E-state index contributed by atoms with van der Waals surface area (Å²) in [4.78, 5) is 16.7. The molecule has 4 rings (SSSR count). The van der Waals surface area contributed by atoms with Crippen molar-refractivity contribution in [1.29, 1.82) is 0 Å². The summed E-state index contributed by atoms with van der Waals surface area (Å²) in [6.45, 7) is 1.29. The number of fused-ring (bicyclic) bond motifs is 1. The molecule has 1 aliphatic heterocycles. The van der Waals surface area contributed by atoms with Gasteiger partial charge in [0.15, 0.2) is 0 Å². The summed E-state index contributed by atoms with van der Waals surface area (Å²) >= 11 is 0. The molecule has 0 radical (unpaired) electrons. The number of benzene rings is 2. The Balaban J connectivity index is 1.45. The summed E-state index contributed by atoms with van der Waals surface area (Å²) in [7, 11) is 0. The molecule has 0 spiro atoms. The van der Waals surface area contributed by atoms with Crippen LogP contribution >= 0.6 is 0 Å². The van der Waals surface area contributed by atoms with Gasteiger partial charge in [-0.15, -0.1) is 0 Å². The Labute approximate surface area is 151 Å². The number of hydrogen-bond acceptors (Lipinski definition) is 4. The molecule has 0 saturated carbocycles. The van der Waals surface area contributed by atoms with Crippen LogP contribution in [0.15, 0.2) is 61.2 Å². The van der Waals surface area contributed by atoms with Crippen LogP contribution < -0.4 is 10.1 Å². The number of hydrogen-bond donors (Lipinski definition) is 1. The van der Waals surface area contributed by atoms with Gasteiger partial charge in [-0.05, 0) is 42.5 Å². The first-order chi connectivity index (χ1) is 12.8. The highest BCUT2D eigenvalue weighted by Crippen LogP contribution is 2.26. The van der Waals surface area contributed by atoms with E-state index in [-0.39, 0.29) is 5.91 Å². The van der Waals surface area contributed by atoms with Crippen LogP contribution in [-0.2, 0) is 6.42 Å². The number of carbonyl (C=O) groups excluding carboxylic acids is 1. The molecule has 0 bridgehead atoms. The molecule has 0 unspecified atom stereocenters. The lowest BCUT2D eigenvalue weighted by atomic mass is 9.97. The van der Waals surface area contributed by atoms with Gasteiger partial charge in [0, 0.05) is 6.54 Å². The third-order valence-corrected chi connectivity index (χ3v) is 4.63. The summed E-state index contributed by atoms with van der Waals surface area (Å²) in [6.07, 6.45) is 4.87. The highest BCUT2D eigenvalue weighted by Gasteiger charge is 2.19. The molecule has 132 valence electrons. The number of amides is 1. The molecular weight excluding hydrogens is 328 g/mol. The van der Waals surface area contributed by atoms with E-state index in [0.717, 1.165) is 24.3 Å². The molecule has 1 N–H and O–H groups in total. The molecule has 2 aromatic carbocycles.